The summed E-state index contributed by atoms with van der Waals surface area (Å²) in [7, 11) is 1.67. The zero-order chi connectivity index (χ0) is 30.6. The van der Waals surface area contributed by atoms with E-state index in [0.717, 1.165) is 68.1 Å². The molecule has 0 N–H and O–H groups in total. The van der Waals surface area contributed by atoms with E-state index in [4.69, 9.17) is 9.47 Å². The fourth-order valence-electron chi connectivity index (χ4n) is 4.49. The molecule has 0 bridgehead atoms. The molecule has 0 unspecified atom stereocenters. The first-order valence-corrected chi connectivity index (χ1v) is 16.2. The number of rotatable bonds is 11. The molecule has 0 aliphatic heterocycles. The highest BCUT2D eigenvalue weighted by Crippen LogP contribution is 2.35. The molecule has 3 aromatic carbocycles. The minimum Gasteiger partial charge on any atom is -0.494 e. The summed E-state index contributed by atoms with van der Waals surface area (Å²) in [5, 5.41) is 0.851. The molecule has 5 rings (SSSR count). The third kappa shape index (κ3) is 8.42. The van der Waals surface area contributed by atoms with Crippen LogP contribution in [0.1, 0.15) is 63.2 Å². The van der Waals surface area contributed by atoms with Crippen molar-refractivity contribution in [3.8, 4) is 34.5 Å². The second kappa shape index (κ2) is 15.6. The van der Waals surface area contributed by atoms with E-state index in [9.17, 15) is 4.79 Å². The van der Waals surface area contributed by atoms with Crippen molar-refractivity contribution in [2.45, 2.75) is 32.6 Å². The number of hydrogen-bond donors (Lipinski definition) is 0. The largest absolute Gasteiger partial charge is 0.494 e. The third-order valence-corrected chi connectivity index (χ3v) is 8.69. The van der Waals surface area contributed by atoms with E-state index in [1.165, 1.54) is 41.9 Å². The number of carbonyl (C=O) groups excluding carboxylic acids is 1. The van der Waals surface area contributed by atoms with Gasteiger partial charge in [-0.1, -0.05) is 61.2 Å². The van der Waals surface area contributed by atoms with E-state index in [0.29, 0.717) is 4.88 Å². The van der Waals surface area contributed by atoms with Crippen LogP contribution in [-0.2, 0) is 0 Å². The Kier molecular flexibility index (Phi) is 10.9. The molecule has 6 heteroatoms. The summed E-state index contributed by atoms with van der Waals surface area (Å²) < 4.78 is 11.3. The molecule has 220 valence electrons. The highest BCUT2D eigenvalue weighted by atomic mass is 32.1. The van der Waals surface area contributed by atoms with Crippen LogP contribution < -0.4 is 14.4 Å². The van der Waals surface area contributed by atoms with Crippen LogP contribution in [0, 0.1) is 23.7 Å². The van der Waals surface area contributed by atoms with Crippen molar-refractivity contribution in [2.24, 2.45) is 0 Å². The lowest BCUT2D eigenvalue weighted by atomic mass is 10.1. The molecule has 4 nitrogen and oxygen atoms in total. The number of nitrogens with zero attached hydrogens (tertiary/aromatic N) is 1. The maximum atomic E-state index is 11.0. The van der Waals surface area contributed by atoms with Crippen molar-refractivity contribution in [1.82, 2.24) is 0 Å². The molecule has 2 heterocycles. The highest BCUT2D eigenvalue weighted by molar-refractivity contribution is 7.14. The fourth-order valence-corrected chi connectivity index (χ4v) is 5.84. The summed E-state index contributed by atoms with van der Waals surface area (Å²) in [6, 6.07) is 32.3. The Bertz CT molecular complexity index is 1780. The number of unbranched alkanes of at least 4 members (excludes halogenated alkanes) is 3. The molecule has 0 amide bonds. The minimum atomic E-state index is 0.678. The van der Waals surface area contributed by atoms with Gasteiger partial charge in [0.2, 0.25) is 0 Å². The summed E-state index contributed by atoms with van der Waals surface area (Å²) in [5.74, 6) is 13.7. The number of anilines is 3. The van der Waals surface area contributed by atoms with Crippen molar-refractivity contribution in [1.29, 1.82) is 0 Å². The Hall–Kier alpha value is -4.75. The van der Waals surface area contributed by atoms with Gasteiger partial charge in [0.25, 0.3) is 0 Å². The van der Waals surface area contributed by atoms with E-state index < -0.39 is 0 Å². The van der Waals surface area contributed by atoms with Gasteiger partial charge in [0.1, 0.15) is 5.75 Å². The summed E-state index contributed by atoms with van der Waals surface area (Å²) in [5.41, 5.74) is 4.88. The Labute approximate surface area is 267 Å². The number of ether oxygens (including phenoxy) is 2. The molecule has 44 heavy (non-hydrogen) atoms. The second-order valence-corrected chi connectivity index (χ2v) is 12.1. The number of benzene rings is 3. The molecule has 0 atom stereocenters. The van der Waals surface area contributed by atoms with Crippen LogP contribution in [0.2, 0.25) is 0 Å². The summed E-state index contributed by atoms with van der Waals surface area (Å²) in [6.45, 7) is 2.95. The van der Waals surface area contributed by atoms with Gasteiger partial charge in [-0.15, -0.1) is 11.3 Å². The van der Waals surface area contributed by atoms with Crippen LogP contribution in [0.25, 0.3) is 0 Å². The van der Waals surface area contributed by atoms with Gasteiger partial charge in [-0.05, 0) is 103 Å². The van der Waals surface area contributed by atoms with Crippen molar-refractivity contribution < 1.29 is 14.3 Å². The average Bonchev–Trinajstić information content (AvgIpc) is 3.74. The van der Waals surface area contributed by atoms with E-state index >= 15 is 0 Å². The Morgan fingerprint density at radius 2 is 1.23 bits per heavy atom. The topological polar surface area (TPSA) is 38.8 Å². The molecule has 0 saturated carbocycles. The molecule has 2 aromatic heterocycles. The van der Waals surface area contributed by atoms with Crippen LogP contribution >= 0.6 is 22.7 Å². The monoisotopic (exact) mass is 615 g/mol. The van der Waals surface area contributed by atoms with Crippen molar-refractivity contribution >= 4 is 46.0 Å². The zero-order valence-corrected chi connectivity index (χ0v) is 26.5. The summed E-state index contributed by atoms with van der Waals surface area (Å²) in [4.78, 5) is 15.7. The Balaban J connectivity index is 1.38. The minimum absolute atomic E-state index is 0.678. The zero-order valence-electron chi connectivity index (χ0n) is 24.8. The highest BCUT2D eigenvalue weighted by Gasteiger charge is 2.13. The molecular formula is C38H33NO3S2. The molecule has 0 fully saturated rings. The van der Waals surface area contributed by atoms with Gasteiger partial charge in [0.05, 0.1) is 28.3 Å². The lowest BCUT2D eigenvalue weighted by Gasteiger charge is -2.25. The maximum Gasteiger partial charge on any atom is 0.174 e. The van der Waals surface area contributed by atoms with Crippen molar-refractivity contribution in [3.05, 3.63) is 123 Å². The standard InChI is InChI=1S/C38H33NO3S2/c1-3-4-5-6-27-42-34-19-17-33(18-20-34)39(31-13-7-29(8-14-31)11-21-35-23-24-37(28-40)43-35)32-15-9-30(10-16-32)12-22-36-25-26-38(41-2)44-36/h7-10,13-20,23-26,28H,3-6,27H2,1-2H3. The average molecular weight is 616 g/mol. The molecule has 0 spiro atoms. The predicted molar refractivity (Wildman–Crippen MR) is 183 cm³/mol. The smallest absolute Gasteiger partial charge is 0.174 e. The van der Waals surface area contributed by atoms with Gasteiger partial charge in [0, 0.05) is 28.2 Å². The van der Waals surface area contributed by atoms with Crippen LogP contribution in [-0.4, -0.2) is 20.0 Å². The predicted octanol–water partition coefficient (Wildman–Crippen LogP) is 9.86. The number of thiophene rings is 2. The van der Waals surface area contributed by atoms with E-state index in [2.05, 4.69) is 71.9 Å². The first-order valence-electron chi connectivity index (χ1n) is 14.6. The van der Waals surface area contributed by atoms with Gasteiger partial charge >= 0.3 is 0 Å². The third-order valence-electron chi connectivity index (χ3n) is 6.80. The van der Waals surface area contributed by atoms with Crippen LogP contribution in [0.5, 0.6) is 10.8 Å². The first-order chi connectivity index (χ1) is 21.6. The number of aldehydes is 1. The summed E-state index contributed by atoms with van der Waals surface area (Å²) in [6.07, 6.45) is 5.57. The molecule has 0 aliphatic carbocycles. The normalized spacial score (nSPS) is 10.2. The number of methoxy groups -OCH3 is 1. The van der Waals surface area contributed by atoms with Crippen LogP contribution in [0.4, 0.5) is 17.1 Å². The lowest BCUT2D eigenvalue weighted by Crippen LogP contribution is -2.10. The molecule has 0 aliphatic rings. The SMILES string of the molecule is CCCCCCOc1ccc(N(c2ccc(C#Cc3ccc(C=O)s3)cc2)c2ccc(C#Cc3ccc(OC)s3)cc2)cc1. The quantitative estimate of drug-likeness (QED) is 0.0842. The van der Waals surface area contributed by atoms with Crippen molar-refractivity contribution in [2.75, 3.05) is 18.6 Å². The van der Waals surface area contributed by atoms with E-state index in [-0.39, 0.29) is 0 Å². The first kappa shape index (κ1) is 30.7. The summed E-state index contributed by atoms with van der Waals surface area (Å²) >= 11 is 2.93. The van der Waals surface area contributed by atoms with Crippen molar-refractivity contribution in [3.63, 3.8) is 0 Å². The van der Waals surface area contributed by atoms with Gasteiger partial charge in [-0.2, -0.15) is 0 Å². The van der Waals surface area contributed by atoms with Gasteiger partial charge in [-0.3, -0.25) is 4.79 Å². The second-order valence-electron chi connectivity index (χ2n) is 9.97. The Morgan fingerprint density at radius 1 is 0.659 bits per heavy atom. The number of hydrogen-bond acceptors (Lipinski definition) is 6. The molecule has 0 radical (unpaired) electrons. The Morgan fingerprint density at radius 3 is 1.75 bits per heavy atom. The van der Waals surface area contributed by atoms with Gasteiger partial charge < -0.3 is 14.4 Å². The van der Waals surface area contributed by atoms with Crippen LogP contribution in [0.15, 0.2) is 97.1 Å². The van der Waals surface area contributed by atoms with Gasteiger partial charge in [0.15, 0.2) is 11.3 Å². The van der Waals surface area contributed by atoms with Crippen LogP contribution in [0.3, 0.4) is 0 Å². The van der Waals surface area contributed by atoms with Gasteiger partial charge in [-0.25, -0.2) is 0 Å². The molecule has 5 aromatic rings. The molecular weight excluding hydrogens is 583 g/mol. The molecule has 0 saturated heterocycles. The lowest BCUT2D eigenvalue weighted by molar-refractivity contribution is 0.112. The van der Waals surface area contributed by atoms with E-state index in [1.54, 1.807) is 13.2 Å². The fraction of sp³-hybridized carbons (Fsp3) is 0.184. The number of carbonyl (C=O) groups is 1. The maximum absolute atomic E-state index is 11.0. The van der Waals surface area contributed by atoms with E-state index in [1.807, 2.05) is 54.6 Å².